The van der Waals surface area contributed by atoms with Crippen LogP contribution in [-0.2, 0) is 12.1 Å². The SMILES string of the molecule is CCCCCCS[C@H](C)[C@](O)(Cn1cncn1)c1ccc(F)cc1F. The van der Waals surface area contributed by atoms with Gasteiger partial charge in [-0.1, -0.05) is 39.2 Å². The van der Waals surface area contributed by atoms with Gasteiger partial charge in [0.05, 0.1) is 6.54 Å². The molecular weight excluding hydrogens is 344 g/mol. The van der Waals surface area contributed by atoms with Crippen LogP contribution in [0.15, 0.2) is 30.9 Å². The molecule has 1 aromatic heterocycles. The molecule has 0 aliphatic carbocycles. The molecule has 0 saturated heterocycles. The van der Waals surface area contributed by atoms with Crippen molar-refractivity contribution in [3.05, 3.63) is 48.1 Å². The third kappa shape index (κ3) is 5.25. The molecule has 0 saturated carbocycles. The summed E-state index contributed by atoms with van der Waals surface area (Å²) in [6.07, 6.45) is 7.38. The second-order valence-corrected chi connectivity index (χ2v) is 7.66. The number of thioether (sulfide) groups is 1. The Morgan fingerprint density at radius 3 is 2.72 bits per heavy atom. The highest BCUT2D eigenvalue weighted by molar-refractivity contribution is 7.99. The summed E-state index contributed by atoms with van der Waals surface area (Å²) in [6, 6.07) is 3.29. The first kappa shape index (κ1) is 19.8. The average molecular weight is 369 g/mol. The van der Waals surface area contributed by atoms with E-state index in [0.717, 1.165) is 31.1 Å². The molecule has 0 aliphatic heterocycles. The van der Waals surface area contributed by atoms with Crippen molar-refractivity contribution >= 4 is 11.8 Å². The van der Waals surface area contributed by atoms with Gasteiger partial charge in [-0.25, -0.2) is 18.4 Å². The lowest BCUT2D eigenvalue weighted by Crippen LogP contribution is -2.41. The Hall–Kier alpha value is -1.47. The van der Waals surface area contributed by atoms with Gasteiger partial charge in [0.15, 0.2) is 0 Å². The summed E-state index contributed by atoms with van der Waals surface area (Å²) < 4.78 is 29.1. The highest BCUT2D eigenvalue weighted by Crippen LogP contribution is 2.36. The molecule has 0 aliphatic rings. The van der Waals surface area contributed by atoms with Crippen molar-refractivity contribution < 1.29 is 13.9 Å². The van der Waals surface area contributed by atoms with Crippen molar-refractivity contribution in [3.8, 4) is 0 Å². The number of halogens is 2. The normalized spacial score (nSPS) is 15.1. The summed E-state index contributed by atoms with van der Waals surface area (Å²) in [4.78, 5) is 3.87. The van der Waals surface area contributed by atoms with Crippen LogP contribution in [0, 0.1) is 11.6 Å². The topological polar surface area (TPSA) is 50.9 Å². The van der Waals surface area contributed by atoms with Gasteiger partial charge >= 0.3 is 0 Å². The van der Waals surface area contributed by atoms with Crippen LogP contribution in [0.4, 0.5) is 8.78 Å². The van der Waals surface area contributed by atoms with E-state index in [1.165, 1.54) is 35.9 Å². The predicted octanol–water partition coefficient (Wildman–Crippen LogP) is 4.15. The maximum Gasteiger partial charge on any atom is 0.137 e. The maximum atomic E-state index is 14.4. The lowest BCUT2D eigenvalue weighted by molar-refractivity contribution is 0.0133. The minimum atomic E-state index is -1.51. The van der Waals surface area contributed by atoms with E-state index in [-0.39, 0.29) is 17.4 Å². The zero-order valence-electron chi connectivity index (χ0n) is 14.7. The molecule has 0 unspecified atom stereocenters. The zero-order chi connectivity index (χ0) is 18.3. The van der Waals surface area contributed by atoms with E-state index in [4.69, 9.17) is 0 Å². The fraction of sp³-hybridized carbons (Fsp3) is 0.556. The first-order valence-electron chi connectivity index (χ1n) is 8.59. The third-order valence-corrected chi connectivity index (χ3v) is 5.72. The Balaban J connectivity index is 2.19. The van der Waals surface area contributed by atoms with Crippen LogP contribution in [0.25, 0.3) is 0 Å². The Bertz CT molecular complexity index is 654. The van der Waals surface area contributed by atoms with Crippen molar-refractivity contribution in [2.45, 2.75) is 56.9 Å². The van der Waals surface area contributed by atoms with Crippen molar-refractivity contribution in [2.24, 2.45) is 0 Å². The highest BCUT2D eigenvalue weighted by atomic mass is 32.2. The van der Waals surface area contributed by atoms with Crippen LogP contribution in [0.2, 0.25) is 0 Å². The van der Waals surface area contributed by atoms with E-state index in [9.17, 15) is 13.9 Å². The largest absolute Gasteiger partial charge is 0.382 e. The number of benzene rings is 1. The molecule has 4 nitrogen and oxygen atoms in total. The van der Waals surface area contributed by atoms with Crippen LogP contribution < -0.4 is 0 Å². The number of aliphatic hydroxyl groups is 1. The first-order valence-corrected chi connectivity index (χ1v) is 9.64. The molecule has 0 spiro atoms. The molecule has 138 valence electrons. The van der Waals surface area contributed by atoms with Crippen molar-refractivity contribution in [1.29, 1.82) is 0 Å². The standard InChI is InChI=1S/C18H25F2N3OS/c1-3-4-5-6-9-25-14(2)18(24,11-23-13-21-12-22-23)16-8-7-15(19)10-17(16)20/h7-8,10,12-14,24H,3-6,9,11H2,1-2H3/t14-,18-/m1/s1. The summed E-state index contributed by atoms with van der Waals surface area (Å²) in [7, 11) is 0. The minimum Gasteiger partial charge on any atom is -0.382 e. The highest BCUT2D eigenvalue weighted by Gasteiger charge is 2.39. The molecule has 0 amide bonds. The lowest BCUT2D eigenvalue weighted by Gasteiger charge is -2.34. The molecule has 1 heterocycles. The lowest BCUT2D eigenvalue weighted by atomic mass is 9.90. The Morgan fingerprint density at radius 1 is 1.28 bits per heavy atom. The van der Waals surface area contributed by atoms with E-state index in [1.807, 2.05) is 6.92 Å². The summed E-state index contributed by atoms with van der Waals surface area (Å²) in [6.45, 7) is 4.08. The quantitative estimate of drug-likeness (QED) is 0.639. The summed E-state index contributed by atoms with van der Waals surface area (Å²) in [5, 5.41) is 15.0. The number of rotatable bonds is 10. The fourth-order valence-corrected chi connectivity index (χ4v) is 3.96. The fourth-order valence-electron chi connectivity index (χ4n) is 2.76. The smallest absolute Gasteiger partial charge is 0.137 e. The van der Waals surface area contributed by atoms with Crippen molar-refractivity contribution in [1.82, 2.24) is 14.8 Å². The van der Waals surface area contributed by atoms with Crippen molar-refractivity contribution in [2.75, 3.05) is 5.75 Å². The molecule has 0 bridgehead atoms. The molecule has 0 fully saturated rings. The zero-order valence-corrected chi connectivity index (χ0v) is 15.5. The van der Waals surface area contributed by atoms with Gasteiger partial charge in [-0.05, 0) is 18.2 Å². The van der Waals surface area contributed by atoms with Gasteiger partial charge in [-0.15, -0.1) is 0 Å². The maximum absolute atomic E-state index is 14.4. The van der Waals surface area contributed by atoms with Gasteiger partial charge in [0, 0.05) is 16.9 Å². The molecule has 1 aromatic carbocycles. The van der Waals surface area contributed by atoms with Gasteiger partial charge in [-0.3, -0.25) is 0 Å². The number of nitrogens with zero attached hydrogens (tertiary/aromatic N) is 3. The molecule has 25 heavy (non-hydrogen) atoms. The number of hydrogen-bond acceptors (Lipinski definition) is 4. The van der Waals surface area contributed by atoms with Gasteiger partial charge in [-0.2, -0.15) is 16.9 Å². The molecule has 2 aromatic rings. The second-order valence-electron chi connectivity index (χ2n) is 6.22. The molecule has 0 radical (unpaired) electrons. The molecule has 2 atom stereocenters. The van der Waals surface area contributed by atoms with E-state index < -0.39 is 17.2 Å². The minimum absolute atomic E-state index is 0.0542. The van der Waals surface area contributed by atoms with Gasteiger partial charge in [0.2, 0.25) is 0 Å². The number of hydrogen-bond donors (Lipinski definition) is 1. The van der Waals surface area contributed by atoms with E-state index >= 15 is 0 Å². The Morgan fingerprint density at radius 2 is 2.08 bits per heavy atom. The Kier molecular flexibility index (Phi) is 7.38. The molecular formula is C18H25F2N3OS. The number of unbranched alkanes of at least 4 members (excludes halogenated alkanes) is 3. The van der Waals surface area contributed by atoms with Crippen LogP contribution in [0.3, 0.4) is 0 Å². The van der Waals surface area contributed by atoms with Gasteiger partial charge in [0.25, 0.3) is 0 Å². The summed E-state index contributed by atoms with van der Waals surface area (Å²) in [5.41, 5.74) is -1.43. The second kappa shape index (κ2) is 9.29. The van der Waals surface area contributed by atoms with Gasteiger partial charge < -0.3 is 5.11 Å². The van der Waals surface area contributed by atoms with Crippen LogP contribution in [-0.4, -0.2) is 30.9 Å². The molecule has 1 N–H and O–H groups in total. The third-order valence-electron chi connectivity index (χ3n) is 4.31. The average Bonchev–Trinajstić information content (AvgIpc) is 3.07. The van der Waals surface area contributed by atoms with Crippen LogP contribution >= 0.6 is 11.8 Å². The van der Waals surface area contributed by atoms with Crippen molar-refractivity contribution in [3.63, 3.8) is 0 Å². The van der Waals surface area contributed by atoms with Gasteiger partial charge in [0.1, 0.15) is 29.9 Å². The number of aromatic nitrogens is 3. The van der Waals surface area contributed by atoms with E-state index in [1.54, 1.807) is 11.8 Å². The predicted molar refractivity (Wildman–Crippen MR) is 96.3 cm³/mol. The molecule has 2 rings (SSSR count). The Labute approximate surface area is 151 Å². The molecule has 7 heteroatoms. The summed E-state index contributed by atoms with van der Waals surface area (Å²) >= 11 is 1.59. The van der Waals surface area contributed by atoms with Crippen LogP contribution in [0.1, 0.15) is 45.1 Å². The summed E-state index contributed by atoms with van der Waals surface area (Å²) in [5.74, 6) is -0.533. The first-order chi connectivity index (χ1) is 12.0. The monoisotopic (exact) mass is 369 g/mol. The van der Waals surface area contributed by atoms with Crippen LogP contribution in [0.5, 0.6) is 0 Å². The van der Waals surface area contributed by atoms with E-state index in [0.29, 0.717) is 0 Å². The van der Waals surface area contributed by atoms with E-state index in [2.05, 4.69) is 17.0 Å².